The SMILES string of the molecule is c1ccc(B2c3sc4ccccc4c3N(c3ccc4c(c3)oc3ccccc34)c3c2sc2ccccc32)cc1. The second kappa shape index (κ2) is 8.09. The molecule has 8 aromatic rings. The van der Waals surface area contributed by atoms with E-state index in [1.54, 1.807) is 0 Å². The number of furan rings is 1. The van der Waals surface area contributed by atoms with E-state index in [2.05, 4.69) is 120 Å². The molecule has 1 aliphatic heterocycles. The molecular formula is C34H20BNOS2. The lowest BCUT2D eigenvalue weighted by Gasteiger charge is -2.33. The number of nitrogens with zero attached hydrogens (tertiary/aromatic N) is 1. The molecule has 0 fully saturated rings. The maximum atomic E-state index is 6.37. The highest BCUT2D eigenvalue weighted by Gasteiger charge is 2.40. The van der Waals surface area contributed by atoms with Crippen molar-refractivity contribution in [2.75, 3.05) is 4.90 Å². The molecule has 0 unspecified atom stereocenters. The molecular weight excluding hydrogens is 513 g/mol. The van der Waals surface area contributed by atoms with Crippen molar-refractivity contribution in [3.05, 3.63) is 121 Å². The molecule has 0 N–H and O–H groups in total. The van der Waals surface area contributed by atoms with Crippen LogP contribution in [-0.2, 0) is 0 Å². The van der Waals surface area contributed by atoms with Crippen molar-refractivity contribution in [3.63, 3.8) is 0 Å². The van der Waals surface area contributed by atoms with Crippen LogP contribution in [0.4, 0.5) is 17.1 Å². The summed E-state index contributed by atoms with van der Waals surface area (Å²) in [4.78, 5) is 2.51. The van der Waals surface area contributed by atoms with Crippen molar-refractivity contribution < 1.29 is 4.42 Å². The lowest BCUT2D eigenvalue weighted by Crippen LogP contribution is -2.54. The number of anilines is 3. The first-order chi connectivity index (χ1) is 19.3. The second-order valence-electron chi connectivity index (χ2n) is 10.1. The van der Waals surface area contributed by atoms with Gasteiger partial charge in [-0.05, 0) is 30.3 Å². The number of hydrogen-bond acceptors (Lipinski definition) is 4. The molecule has 2 nitrogen and oxygen atoms in total. The number of rotatable bonds is 2. The Morgan fingerprint density at radius 3 is 1.77 bits per heavy atom. The molecule has 0 amide bonds. The number of benzene rings is 5. The normalized spacial score (nSPS) is 13.0. The Hall–Kier alpha value is -4.32. The fourth-order valence-electron chi connectivity index (χ4n) is 6.25. The highest BCUT2D eigenvalue weighted by molar-refractivity contribution is 7.40. The van der Waals surface area contributed by atoms with Gasteiger partial charge in [0.2, 0.25) is 0 Å². The molecule has 5 aromatic carbocycles. The monoisotopic (exact) mass is 533 g/mol. The minimum atomic E-state index is 0.192. The van der Waals surface area contributed by atoms with Crippen molar-refractivity contribution in [2.24, 2.45) is 0 Å². The summed E-state index contributed by atoms with van der Waals surface area (Å²) in [7, 11) is 0. The number of para-hydroxylation sites is 1. The molecule has 1 aliphatic rings. The van der Waals surface area contributed by atoms with Crippen LogP contribution in [0.3, 0.4) is 0 Å². The van der Waals surface area contributed by atoms with Gasteiger partial charge in [-0.2, -0.15) is 0 Å². The number of fused-ring (bicyclic) bond motifs is 9. The third-order valence-corrected chi connectivity index (χ3v) is 10.4. The molecule has 0 saturated heterocycles. The maximum Gasteiger partial charge on any atom is 0.272 e. The zero-order valence-corrected chi connectivity index (χ0v) is 22.4. The summed E-state index contributed by atoms with van der Waals surface area (Å²) < 4.78 is 11.8. The fraction of sp³-hybridized carbons (Fsp3) is 0. The second-order valence-corrected chi connectivity index (χ2v) is 12.2. The van der Waals surface area contributed by atoms with Gasteiger partial charge in [0, 0.05) is 52.3 Å². The summed E-state index contributed by atoms with van der Waals surface area (Å²) >= 11 is 3.85. The van der Waals surface area contributed by atoms with Crippen molar-refractivity contribution in [3.8, 4) is 0 Å². The summed E-state index contributed by atoms with van der Waals surface area (Å²) in [5.41, 5.74) is 6.89. The fourth-order valence-corrected chi connectivity index (χ4v) is 8.98. The van der Waals surface area contributed by atoms with Gasteiger partial charge in [0.15, 0.2) is 0 Å². The first-order valence-corrected chi connectivity index (χ1v) is 14.8. The third-order valence-electron chi connectivity index (χ3n) is 7.92. The predicted octanol–water partition coefficient (Wildman–Crippen LogP) is 8.31. The van der Waals surface area contributed by atoms with Gasteiger partial charge >= 0.3 is 0 Å². The van der Waals surface area contributed by atoms with Crippen LogP contribution in [0, 0.1) is 0 Å². The van der Waals surface area contributed by atoms with Crippen LogP contribution >= 0.6 is 22.7 Å². The molecule has 0 radical (unpaired) electrons. The lowest BCUT2D eigenvalue weighted by molar-refractivity contribution is 0.669. The minimum absolute atomic E-state index is 0.192. The highest BCUT2D eigenvalue weighted by Crippen LogP contribution is 2.48. The minimum Gasteiger partial charge on any atom is -0.456 e. The van der Waals surface area contributed by atoms with E-state index >= 15 is 0 Å². The summed E-state index contributed by atoms with van der Waals surface area (Å²) in [5, 5.41) is 4.90. The quantitative estimate of drug-likeness (QED) is 0.208. The standard InChI is InChI=1S/C34H20BNOS2/c1-2-10-21(11-3-1)35-33-31(25-13-5-8-16-29(25)38-33)36(32-26-14-6-9-17-30(26)39-34(32)35)22-18-19-24-23-12-4-7-15-27(23)37-28(24)20-22/h1-20H. The van der Waals surface area contributed by atoms with Gasteiger partial charge in [-0.3, -0.25) is 0 Å². The Balaban J connectivity index is 1.40. The molecule has 5 heteroatoms. The van der Waals surface area contributed by atoms with Crippen LogP contribution in [0.1, 0.15) is 0 Å². The number of hydrogen-bond donors (Lipinski definition) is 0. The molecule has 182 valence electrons. The molecule has 0 bridgehead atoms. The maximum absolute atomic E-state index is 6.37. The average molecular weight is 533 g/mol. The van der Waals surface area contributed by atoms with Gasteiger partial charge in [-0.15, -0.1) is 22.7 Å². The lowest BCUT2D eigenvalue weighted by atomic mass is 9.41. The van der Waals surface area contributed by atoms with E-state index in [0.29, 0.717) is 0 Å². The Labute approximate surface area is 233 Å². The van der Waals surface area contributed by atoms with Crippen LogP contribution in [-0.4, -0.2) is 6.71 Å². The van der Waals surface area contributed by atoms with E-state index in [9.17, 15) is 0 Å². The predicted molar refractivity (Wildman–Crippen MR) is 170 cm³/mol. The van der Waals surface area contributed by atoms with Crippen LogP contribution in [0.2, 0.25) is 0 Å². The molecule has 39 heavy (non-hydrogen) atoms. The summed E-state index contributed by atoms with van der Waals surface area (Å²) in [6, 6.07) is 43.7. The molecule has 4 heterocycles. The Morgan fingerprint density at radius 2 is 1.08 bits per heavy atom. The van der Waals surface area contributed by atoms with Crippen LogP contribution in [0.25, 0.3) is 42.1 Å². The molecule has 0 aliphatic carbocycles. The summed E-state index contributed by atoms with van der Waals surface area (Å²) in [5.74, 6) is 0. The van der Waals surface area contributed by atoms with Gasteiger partial charge in [0.25, 0.3) is 6.71 Å². The Kier molecular flexibility index (Phi) is 4.48. The van der Waals surface area contributed by atoms with E-state index in [4.69, 9.17) is 4.42 Å². The highest BCUT2D eigenvalue weighted by atomic mass is 32.1. The van der Waals surface area contributed by atoms with E-state index in [0.717, 1.165) is 27.6 Å². The van der Waals surface area contributed by atoms with Crippen molar-refractivity contribution in [1.29, 1.82) is 0 Å². The van der Waals surface area contributed by atoms with E-state index in [-0.39, 0.29) is 6.71 Å². The van der Waals surface area contributed by atoms with Crippen LogP contribution in [0.5, 0.6) is 0 Å². The topological polar surface area (TPSA) is 16.4 Å². The first kappa shape index (κ1) is 21.6. The first-order valence-electron chi connectivity index (χ1n) is 13.1. The zero-order valence-electron chi connectivity index (χ0n) is 20.8. The summed E-state index contributed by atoms with van der Waals surface area (Å²) in [6.45, 7) is 0.192. The van der Waals surface area contributed by atoms with Crippen molar-refractivity contribution >= 4 is 104 Å². The molecule has 0 atom stereocenters. The molecule has 0 saturated carbocycles. The van der Waals surface area contributed by atoms with Gasteiger partial charge in [0.1, 0.15) is 11.2 Å². The molecule has 0 spiro atoms. The average Bonchev–Trinajstić information content (AvgIpc) is 3.67. The van der Waals surface area contributed by atoms with Crippen LogP contribution < -0.4 is 19.9 Å². The molecule has 3 aromatic heterocycles. The summed E-state index contributed by atoms with van der Waals surface area (Å²) in [6.07, 6.45) is 0. The van der Waals surface area contributed by atoms with Gasteiger partial charge in [0.05, 0.1) is 11.4 Å². The van der Waals surface area contributed by atoms with Gasteiger partial charge in [-0.25, -0.2) is 0 Å². The zero-order chi connectivity index (χ0) is 25.5. The van der Waals surface area contributed by atoms with Crippen molar-refractivity contribution in [2.45, 2.75) is 0 Å². The van der Waals surface area contributed by atoms with E-state index < -0.39 is 0 Å². The van der Waals surface area contributed by atoms with Gasteiger partial charge in [-0.1, -0.05) is 90.4 Å². The van der Waals surface area contributed by atoms with Crippen LogP contribution in [0.15, 0.2) is 126 Å². The van der Waals surface area contributed by atoms with E-state index in [1.165, 1.54) is 46.6 Å². The third kappa shape index (κ3) is 3.03. The Morgan fingerprint density at radius 1 is 0.513 bits per heavy atom. The number of thiophene rings is 2. The Bertz CT molecular complexity index is 2130. The van der Waals surface area contributed by atoms with Crippen molar-refractivity contribution in [1.82, 2.24) is 0 Å². The van der Waals surface area contributed by atoms with Gasteiger partial charge < -0.3 is 9.32 Å². The largest absolute Gasteiger partial charge is 0.456 e. The molecule has 9 rings (SSSR count). The van der Waals surface area contributed by atoms with E-state index in [1.807, 2.05) is 28.7 Å². The smallest absolute Gasteiger partial charge is 0.272 e.